The molecule has 0 radical (unpaired) electrons. The van der Waals surface area contributed by atoms with Crippen LogP contribution in [-0.4, -0.2) is 61.4 Å². The highest BCUT2D eigenvalue weighted by Gasteiger charge is 2.21. The molecule has 7 heteroatoms. The van der Waals surface area contributed by atoms with E-state index in [-0.39, 0.29) is 0 Å². The van der Waals surface area contributed by atoms with Gasteiger partial charge in [0.05, 0.1) is 6.61 Å². The smallest absolute Gasteiger partial charge is 0.231 e. The summed E-state index contributed by atoms with van der Waals surface area (Å²) in [5, 5.41) is 3.23. The maximum absolute atomic E-state index is 5.07. The Morgan fingerprint density at radius 2 is 1.43 bits per heavy atom. The topological polar surface area (TPSA) is 66.4 Å². The van der Waals surface area contributed by atoms with Crippen LogP contribution >= 0.6 is 0 Å². The van der Waals surface area contributed by atoms with Crippen molar-refractivity contribution >= 4 is 17.8 Å². The third-order valence-electron chi connectivity index (χ3n) is 3.98. The Morgan fingerprint density at radius 1 is 0.905 bits per heavy atom. The molecule has 0 amide bonds. The van der Waals surface area contributed by atoms with E-state index in [0.29, 0.717) is 19.1 Å². The largest absolute Gasteiger partial charge is 0.383 e. The zero-order chi connectivity index (χ0) is 14.5. The molecule has 0 spiro atoms. The van der Waals surface area contributed by atoms with Gasteiger partial charge in [-0.25, -0.2) is 0 Å². The monoisotopic (exact) mass is 292 g/mol. The fraction of sp³-hybridized carbons (Fsp3) is 0.786. The second-order valence-corrected chi connectivity index (χ2v) is 5.57. The van der Waals surface area contributed by atoms with Gasteiger partial charge in [0.1, 0.15) is 0 Å². The Bertz CT molecular complexity index is 423. The van der Waals surface area contributed by atoms with Crippen molar-refractivity contribution in [2.75, 3.05) is 61.6 Å². The Kier molecular flexibility index (Phi) is 4.69. The normalized spacial score (nSPS) is 18.5. The van der Waals surface area contributed by atoms with Gasteiger partial charge in [-0.1, -0.05) is 0 Å². The molecule has 0 saturated carbocycles. The average Bonchev–Trinajstić information content (AvgIpc) is 3.21. The predicted octanol–water partition coefficient (Wildman–Crippen LogP) is 1.13. The van der Waals surface area contributed by atoms with Gasteiger partial charge in [0.15, 0.2) is 0 Å². The van der Waals surface area contributed by atoms with Gasteiger partial charge in [-0.05, 0) is 25.7 Å². The van der Waals surface area contributed by atoms with E-state index in [2.05, 4.69) is 30.1 Å². The predicted molar refractivity (Wildman–Crippen MR) is 83.1 cm³/mol. The molecule has 0 aromatic carbocycles. The first kappa shape index (κ1) is 14.3. The summed E-state index contributed by atoms with van der Waals surface area (Å²) < 4.78 is 5.07. The lowest BCUT2D eigenvalue weighted by Crippen LogP contribution is -2.26. The molecule has 2 fully saturated rings. The SMILES string of the molecule is COCCNc1nc(N2CCCC2)nc(N2CCCC2)n1. The first-order valence-corrected chi connectivity index (χ1v) is 7.85. The molecule has 1 aromatic heterocycles. The Labute approximate surface area is 125 Å². The van der Waals surface area contributed by atoms with Crippen LogP contribution in [0.3, 0.4) is 0 Å². The van der Waals surface area contributed by atoms with E-state index in [4.69, 9.17) is 4.74 Å². The number of aromatic nitrogens is 3. The minimum atomic E-state index is 0.643. The number of nitrogens with zero attached hydrogens (tertiary/aromatic N) is 5. The number of rotatable bonds is 6. The van der Waals surface area contributed by atoms with Crippen molar-refractivity contribution in [3.05, 3.63) is 0 Å². The molecule has 3 heterocycles. The van der Waals surface area contributed by atoms with E-state index in [0.717, 1.165) is 38.1 Å². The summed E-state index contributed by atoms with van der Waals surface area (Å²) in [6.07, 6.45) is 4.88. The minimum Gasteiger partial charge on any atom is -0.383 e. The van der Waals surface area contributed by atoms with Crippen LogP contribution in [0.2, 0.25) is 0 Å². The van der Waals surface area contributed by atoms with E-state index in [1.165, 1.54) is 25.7 Å². The average molecular weight is 292 g/mol. The van der Waals surface area contributed by atoms with Gasteiger partial charge in [-0.15, -0.1) is 0 Å². The molecule has 2 saturated heterocycles. The van der Waals surface area contributed by atoms with E-state index in [1.807, 2.05) is 0 Å². The summed E-state index contributed by atoms with van der Waals surface area (Å²) in [6.45, 7) is 5.52. The second kappa shape index (κ2) is 6.89. The van der Waals surface area contributed by atoms with Crippen molar-refractivity contribution < 1.29 is 4.74 Å². The molecule has 0 atom stereocenters. The summed E-state index contributed by atoms with van der Waals surface area (Å²) in [4.78, 5) is 18.3. The molecule has 2 aliphatic rings. The van der Waals surface area contributed by atoms with Gasteiger partial charge in [0, 0.05) is 39.8 Å². The highest BCUT2D eigenvalue weighted by atomic mass is 16.5. The third-order valence-corrected chi connectivity index (χ3v) is 3.98. The Balaban J connectivity index is 1.80. The van der Waals surface area contributed by atoms with Gasteiger partial charge in [0.2, 0.25) is 17.8 Å². The minimum absolute atomic E-state index is 0.643. The van der Waals surface area contributed by atoms with Crippen molar-refractivity contribution in [3.63, 3.8) is 0 Å². The number of ether oxygens (including phenoxy) is 1. The molecule has 0 unspecified atom stereocenters. The first-order chi connectivity index (χ1) is 10.4. The second-order valence-electron chi connectivity index (χ2n) is 5.57. The third kappa shape index (κ3) is 3.53. The molecule has 7 nitrogen and oxygen atoms in total. The highest BCUT2D eigenvalue weighted by Crippen LogP contribution is 2.22. The van der Waals surface area contributed by atoms with Gasteiger partial charge < -0.3 is 19.9 Å². The van der Waals surface area contributed by atoms with Gasteiger partial charge in [-0.3, -0.25) is 0 Å². The van der Waals surface area contributed by atoms with Gasteiger partial charge >= 0.3 is 0 Å². The van der Waals surface area contributed by atoms with Gasteiger partial charge in [0.25, 0.3) is 0 Å². The Morgan fingerprint density at radius 3 is 1.90 bits per heavy atom. The zero-order valence-corrected chi connectivity index (χ0v) is 12.7. The number of anilines is 3. The summed E-state index contributed by atoms with van der Waals surface area (Å²) in [7, 11) is 1.69. The van der Waals surface area contributed by atoms with E-state index < -0.39 is 0 Å². The van der Waals surface area contributed by atoms with Crippen molar-refractivity contribution in [1.29, 1.82) is 0 Å². The van der Waals surface area contributed by atoms with Crippen LogP contribution in [0.15, 0.2) is 0 Å². The Hall–Kier alpha value is -1.63. The van der Waals surface area contributed by atoms with Crippen molar-refractivity contribution in [2.24, 2.45) is 0 Å². The fourth-order valence-electron chi connectivity index (χ4n) is 2.81. The molecule has 0 aliphatic carbocycles. The summed E-state index contributed by atoms with van der Waals surface area (Å²) in [5.41, 5.74) is 0. The number of hydrogen-bond donors (Lipinski definition) is 1. The molecule has 116 valence electrons. The van der Waals surface area contributed by atoms with E-state index in [1.54, 1.807) is 7.11 Å². The van der Waals surface area contributed by atoms with Crippen molar-refractivity contribution in [3.8, 4) is 0 Å². The lowest BCUT2D eigenvalue weighted by atomic mass is 10.4. The molecule has 3 rings (SSSR count). The summed E-state index contributed by atoms with van der Waals surface area (Å²) >= 11 is 0. The fourth-order valence-corrected chi connectivity index (χ4v) is 2.81. The van der Waals surface area contributed by atoms with Crippen molar-refractivity contribution in [2.45, 2.75) is 25.7 Å². The zero-order valence-electron chi connectivity index (χ0n) is 12.7. The molecule has 1 aromatic rings. The molecular weight excluding hydrogens is 268 g/mol. The first-order valence-electron chi connectivity index (χ1n) is 7.85. The van der Waals surface area contributed by atoms with Crippen LogP contribution in [0.25, 0.3) is 0 Å². The molecule has 21 heavy (non-hydrogen) atoms. The van der Waals surface area contributed by atoms with E-state index >= 15 is 0 Å². The summed E-state index contributed by atoms with van der Waals surface area (Å²) in [5.74, 6) is 2.28. The molecule has 1 N–H and O–H groups in total. The van der Waals surface area contributed by atoms with Crippen LogP contribution in [0.4, 0.5) is 17.8 Å². The number of nitrogens with one attached hydrogen (secondary N) is 1. The van der Waals surface area contributed by atoms with Crippen molar-refractivity contribution in [1.82, 2.24) is 15.0 Å². The molecular formula is C14H24N6O. The molecule has 2 aliphatic heterocycles. The quantitative estimate of drug-likeness (QED) is 0.788. The standard InChI is InChI=1S/C14H24N6O/c1-21-11-6-15-12-16-13(19-7-2-3-8-19)18-14(17-12)20-9-4-5-10-20/h2-11H2,1H3,(H,15,16,17,18). The lowest BCUT2D eigenvalue weighted by molar-refractivity contribution is 0.210. The number of hydrogen-bond acceptors (Lipinski definition) is 7. The summed E-state index contributed by atoms with van der Waals surface area (Å²) in [6, 6.07) is 0. The van der Waals surface area contributed by atoms with Crippen LogP contribution in [0, 0.1) is 0 Å². The maximum Gasteiger partial charge on any atom is 0.231 e. The molecule has 0 bridgehead atoms. The lowest BCUT2D eigenvalue weighted by Gasteiger charge is -2.20. The van der Waals surface area contributed by atoms with E-state index in [9.17, 15) is 0 Å². The van der Waals surface area contributed by atoms with Crippen LogP contribution in [0.1, 0.15) is 25.7 Å². The highest BCUT2D eigenvalue weighted by molar-refractivity contribution is 5.46. The van der Waals surface area contributed by atoms with Crippen LogP contribution in [-0.2, 0) is 4.74 Å². The maximum atomic E-state index is 5.07. The van der Waals surface area contributed by atoms with Gasteiger partial charge in [-0.2, -0.15) is 15.0 Å². The van der Waals surface area contributed by atoms with Crippen LogP contribution < -0.4 is 15.1 Å². The number of methoxy groups -OCH3 is 1. The van der Waals surface area contributed by atoms with Crippen LogP contribution in [0.5, 0.6) is 0 Å².